The molecule has 0 heterocycles. The Morgan fingerprint density at radius 2 is 2.07 bits per heavy atom. The average Bonchev–Trinajstić information content (AvgIpc) is 2.18. The SMILES string of the molecule is Cc1ccc(C(=O)NC(C)CC#N)cc1. The first kappa shape index (κ1) is 11.3. The predicted molar refractivity (Wildman–Crippen MR) is 58.3 cm³/mol. The molecule has 1 amide bonds. The van der Waals surface area contributed by atoms with E-state index in [-0.39, 0.29) is 11.9 Å². The zero-order valence-electron chi connectivity index (χ0n) is 8.95. The highest BCUT2D eigenvalue weighted by Gasteiger charge is 2.08. The molecule has 78 valence electrons. The largest absolute Gasteiger partial charge is 0.349 e. The summed E-state index contributed by atoms with van der Waals surface area (Å²) in [7, 11) is 0. The van der Waals surface area contributed by atoms with Gasteiger partial charge in [-0.3, -0.25) is 4.79 Å². The van der Waals surface area contributed by atoms with E-state index in [9.17, 15) is 4.79 Å². The Balaban J connectivity index is 2.62. The number of hydrogen-bond acceptors (Lipinski definition) is 2. The molecule has 1 rings (SSSR count). The fourth-order valence-corrected chi connectivity index (χ4v) is 1.20. The summed E-state index contributed by atoms with van der Waals surface area (Å²) in [5, 5.41) is 11.2. The van der Waals surface area contributed by atoms with Gasteiger partial charge in [0.2, 0.25) is 0 Å². The third-order valence-corrected chi connectivity index (χ3v) is 2.09. The summed E-state index contributed by atoms with van der Waals surface area (Å²) >= 11 is 0. The average molecular weight is 202 g/mol. The second-order valence-electron chi connectivity index (χ2n) is 3.60. The lowest BCUT2D eigenvalue weighted by Gasteiger charge is -2.10. The maximum atomic E-state index is 11.6. The molecule has 0 radical (unpaired) electrons. The molecular formula is C12H14N2O. The van der Waals surface area contributed by atoms with Crippen LogP contribution in [0, 0.1) is 18.3 Å². The van der Waals surface area contributed by atoms with E-state index in [1.807, 2.05) is 32.0 Å². The molecule has 1 N–H and O–H groups in total. The van der Waals surface area contributed by atoms with Crippen molar-refractivity contribution in [3.8, 4) is 6.07 Å². The first-order chi connectivity index (χ1) is 7.13. The summed E-state index contributed by atoms with van der Waals surface area (Å²) in [6.07, 6.45) is 0.331. The molecule has 0 aliphatic rings. The molecule has 0 aliphatic heterocycles. The van der Waals surface area contributed by atoms with Crippen LogP contribution in [0.3, 0.4) is 0 Å². The minimum Gasteiger partial charge on any atom is -0.349 e. The van der Waals surface area contributed by atoms with Crippen LogP contribution in [0.25, 0.3) is 0 Å². The van der Waals surface area contributed by atoms with Crippen molar-refractivity contribution in [1.82, 2.24) is 5.32 Å². The number of hydrogen-bond donors (Lipinski definition) is 1. The smallest absolute Gasteiger partial charge is 0.251 e. The highest BCUT2D eigenvalue weighted by Crippen LogP contribution is 2.03. The molecule has 0 aliphatic carbocycles. The van der Waals surface area contributed by atoms with Crippen molar-refractivity contribution in [3.63, 3.8) is 0 Å². The number of carbonyl (C=O) groups excluding carboxylic acids is 1. The zero-order valence-corrected chi connectivity index (χ0v) is 8.95. The number of nitrogens with one attached hydrogen (secondary N) is 1. The molecule has 0 saturated heterocycles. The lowest BCUT2D eigenvalue weighted by atomic mass is 10.1. The topological polar surface area (TPSA) is 52.9 Å². The van der Waals surface area contributed by atoms with Crippen molar-refractivity contribution in [2.24, 2.45) is 0 Å². The third-order valence-electron chi connectivity index (χ3n) is 2.09. The van der Waals surface area contributed by atoms with Gasteiger partial charge in [-0.25, -0.2) is 0 Å². The number of amides is 1. The zero-order chi connectivity index (χ0) is 11.3. The Morgan fingerprint density at radius 3 is 2.60 bits per heavy atom. The van der Waals surface area contributed by atoms with E-state index < -0.39 is 0 Å². The van der Waals surface area contributed by atoms with Crippen molar-refractivity contribution < 1.29 is 4.79 Å². The van der Waals surface area contributed by atoms with Crippen LogP contribution < -0.4 is 5.32 Å². The Kier molecular flexibility index (Phi) is 3.87. The first-order valence-electron chi connectivity index (χ1n) is 4.88. The Morgan fingerprint density at radius 1 is 1.47 bits per heavy atom. The number of nitrogens with zero attached hydrogens (tertiary/aromatic N) is 1. The van der Waals surface area contributed by atoms with Crippen LogP contribution in [0.1, 0.15) is 29.3 Å². The number of carbonyl (C=O) groups is 1. The molecule has 0 bridgehead atoms. The van der Waals surface area contributed by atoms with E-state index in [1.54, 1.807) is 12.1 Å². The van der Waals surface area contributed by atoms with Crippen LogP contribution in [0.4, 0.5) is 0 Å². The number of nitriles is 1. The maximum Gasteiger partial charge on any atom is 0.251 e. The Bertz CT molecular complexity index is 376. The van der Waals surface area contributed by atoms with Crippen LogP contribution in [-0.4, -0.2) is 11.9 Å². The van der Waals surface area contributed by atoms with Gasteiger partial charge in [0.05, 0.1) is 12.5 Å². The fraction of sp³-hybridized carbons (Fsp3) is 0.333. The molecule has 0 saturated carbocycles. The lowest BCUT2D eigenvalue weighted by molar-refractivity contribution is 0.0941. The number of rotatable bonds is 3. The van der Waals surface area contributed by atoms with Gasteiger partial charge in [0.15, 0.2) is 0 Å². The van der Waals surface area contributed by atoms with Gasteiger partial charge in [0.25, 0.3) is 5.91 Å². The third kappa shape index (κ3) is 3.43. The highest BCUT2D eigenvalue weighted by molar-refractivity contribution is 5.94. The molecule has 1 unspecified atom stereocenters. The maximum absolute atomic E-state index is 11.6. The van der Waals surface area contributed by atoms with Crippen molar-refractivity contribution in [2.45, 2.75) is 26.3 Å². The summed E-state index contributed by atoms with van der Waals surface area (Å²) < 4.78 is 0. The van der Waals surface area contributed by atoms with Gasteiger partial charge < -0.3 is 5.32 Å². The van der Waals surface area contributed by atoms with Crippen LogP contribution in [-0.2, 0) is 0 Å². The molecule has 1 aromatic carbocycles. The molecular weight excluding hydrogens is 188 g/mol. The van der Waals surface area contributed by atoms with Crippen molar-refractivity contribution in [3.05, 3.63) is 35.4 Å². The second-order valence-corrected chi connectivity index (χ2v) is 3.60. The normalized spacial score (nSPS) is 11.5. The van der Waals surface area contributed by atoms with Gasteiger partial charge in [-0.2, -0.15) is 5.26 Å². The van der Waals surface area contributed by atoms with E-state index in [1.165, 1.54) is 0 Å². The van der Waals surface area contributed by atoms with Crippen LogP contribution >= 0.6 is 0 Å². The summed E-state index contributed by atoms with van der Waals surface area (Å²) in [5.74, 6) is -0.127. The van der Waals surface area contributed by atoms with Crippen LogP contribution in [0.15, 0.2) is 24.3 Å². The van der Waals surface area contributed by atoms with Crippen molar-refractivity contribution >= 4 is 5.91 Å². The molecule has 1 aromatic rings. The van der Waals surface area contributed by atoms with E-state index >= 15 is 0 Å². The van der Waals surface area contributed by atoms with Gasteiger partial charge in [-0.15, -0.1) is 0 Å². The lowest BCUT2D eigenvalue weighted by Crippen LogP contribution is -2.32. The molecule has 1 atom stereocenters. The monoisotopic (exact) mass is 202 g/mol. The minimum absolute atomic E-state index is 0.108. The summed E-state index contributed by atoms with van der Waals surface area (Å²) in [4.78, 5) is 11.6. The summed E-state index contributed by atoms with van der Waals surface area (Å²) in [5.41, 5.74) is 1.75. The molecule has 3 nitrogen and oxygen atoms in total. The van der Waals surface area contributed by atoms with E-state index in [4.69, 9.17) is 5.26 Å². The standard InChI is InChI=1S/C12H14N2O/c1-9-3-5-11(6-4-9)12(15)14-10(2)7-8-13/h3-6,10H,7H2,1-2H3,(H,14,15). The van der Waals surface area contributed by atoms with E-state index in [0.29, 0.717) is 12.0 Å². The second kappa shape index (κ2) is 5.16. The van der Waals surface area contributed by atoms with Gasteiger partial charge >= 0.3 is 0 Å². The number of benzene rings is 1. The molecule has 0 spiro atoms. The van der Waals surface area contributed by atoms with E-state index in [2.05, 4.69) is 5.32 Å². The van der Waals surface area contributed by atoms with Crippen LogP contribution in [0.5, 0.6) is 0 Å². The predicted octanol–water partition coefficient (Wildman–Crippen LogP) is 2.03. The van der Waals surface area contributed by atoms with Crippen molar-refractivity contribution in [2.75, 3.05) is 0 Å². The first-order valence-corrected chi connectivity index (χ1v) is 4.88. The number of aryl methyl sites for hydroxylation is 1. The van der Waals surface area contributed by atoms with Gasteiger partial charge in [0, 0.05) is 11.6 Å². The molecule has 15 heavy (non-hydrogen) atoms. The minimum atomic E-state index is -0.127. The van der Waals surface area contributed by atoms with Crippen molar-refractivity contribution in [1.29, 1.82) is 5.26 Å². The molecule has 0 aromatic heterocycles. The summed E-state index contributed by atoms with van der Waals surface area (Å²) in [6.45, 7) is 3.79. The Hall–Kier alpha value is -1.82. The Labute approximate surface area is 89.7 Å². The fourth-order valence-electron chi connectivity index (χ4n) is 1.20. The van der Waals surface area contributed by atoms with Gasteiger partial charge in [-0.1, -0.05) is 17.7 Å². The van der Waals surface area contributed by atoms with Gasteiger partial charge in [-0.05, 0) is 26.0 Å². The quantitative estimate of drug-likeness (QED) is 0.815. The van der Waals surface area contributed by atoms with Gasteiger partial charge in [0.1, 0.15) is 0 Å². The molecule has 3 heteroatoms. The van der Waals surface area contributed by atoms with Crippen LogP contribution in [0.2, 0.25) is 0 Å². The highest BCUT2D eigenvalue weighted by atomic mass is 16.1. The summed E-state index contributed by atoms with van der Waals surface area (Å²) in [6, 6.07) is 9.26. The molecule has 0 fully saturated rings. The van der Waals surface area contributed by atoms with E-state index in [0.717, 1.165) is 5.56 Å².